The van der Waals surface area contributed by atoms with Crippen LogP contribution < -0.4 is 10.1 Å². The van der Waals surface area contributed by atoms with Crippen LogP contribution in [0, 0.1) is 0 Å². The molecule has 0 radical (unpaired) electrons. The number of nitrogens with one attached hydrogen (secondary N) is 1. The van der Waals surface area contributed by atoms with E-state index >= 15 is 0 Å². The van der Waals surface area contributed by atoms with Crippen LogP contribution in [0.5, 0.6) is 5.75 Å². The molecule has 5 nitrogen and oxygen atoms in total. The van der Waals surface area contributed by atoms with E-state index in [0.717, 1.165) is 13.2 Å². The van der Waals surface area contributed by atoms with Crippen LogP contribution in [0.25, 0.3) is 0 Å². The number of hydrogen-bond donors (Lipinski definition) is 1. The molecular formula is C14H16F3NO4. The zero-order chi connectivity index (χ0) is 17.1. The molecule has 0 heterocycles. The van der Waals surface area contributed by atoms with Gasteiger partial charge in [-0.25, -0.2) is 4.79 Å². The molecule has 122 valence electrons. The van der Waals surface area contributed by atoms with Gasteiger partial charge in [-0.1, -0.05) is 6.07 Å². The van der Waals surface area contributed by atoms with Gasteiger partial charge in [-0.05, 0) is 32.9 Å². The van der Waals surface area contributed by atoms with E-state index in [2.05, 4.69) is 5.32 Å². The van der Waals surface area contributed by atoms with E-state index < -0.39 is 29.2 Å². The predicted molar refractivity (Wildman–Crippen MR) is 73.2 cm³/mol. The van der Waals surface area contributed by atoms with Crippen molar-refractivity contribution in [3.8, 4) is 5.75 Å². The van der Waals surface area contributed by atoms with Crippen LogP contribution in [0.2, 0.25) is 0 Å². The number of anilines is 1. The summed E-state index contributed by atoms with van der Waals surface area (Å²) >= 11 is 0. The quantitative estimate of drug-likeness (QED) is 0.861. The predicted octanol–water partition coefficient (Wildman–Crippen LogP) is 3.79. The number of rotatable bonds is 3. The highest BCUT2D eigenvalue weighted by molar-refractivity contribution is 6.09. The van der Waals surface area contributed by atoms with Gasteiger partial charge in [0.2, 0.25) is 0 Å². The molecule has 0 aliphatic carbocycles. The molecule has 0 aliphatic rings. The second-order valence-electron chi connectivity index (χ2n) is 5.34. The van der Waals surface area contributed by atoms with Gasteiger partial charge in [0.05, 0.1) is 18.4 Å². The Morgan fingerprint density at radius 2 is 1.73 bits per heavy atom. The molecule has 1 aromatic rings. The Labute approximate surface area is 125 Å². The lowest BCUT2D eigenvalue weighted by molar-refractivity contribution is -0.0886. The fourth-order valence-electron chi connectivity index (χ4n) is 1.59. The van der Waals surface area contributed by atoms with Gasteiger partial charge in [0, 0.05) is 0 Å². The third kappa shape index (κ3) is 4.64. The summed E-state index contributed by atoms with van der Waals surface area (Å²) in [5, 5.41) is 2.13. The van der Waals surface area contributed by atoms with E-state index in [1.165, 1.54) is 12.1 Å². The average molecular weight is 319 g/mol. The highest BCUT2D eigenvalue weighted by atomic mass is 19.4. The Morgan fingerprint density at radius 1 is 1.14 bits per heavy atom. The standard InChI is InChI=1S/C14H16F3NO4/c1-13(2,3)22-12(20)18-8-6-5-7-9(21-4)10(8)11(19)14(15,16)17/h5-7H,1-4H3,(H,18,20). The molecule has 0 aliphatic heterocycles. The highest BCUT2D eigenvalue weighted by Gasteiger charge is 2.42. The van der Waals surface area contributed by atoms with Crippen molar-refractivity contribution < 1.29 is 32.2 Å². The summed E-state index contributed by atoms with van der Waals surface area (Å²) in [6.07, 6.45) is -6.07. The molecule has 22 heavy (non-hydrogen) atoms. The average Bonchev–Trinajstić information content (AvgIpc) is 2.34. The van der Waals surface area contributed by atoms with Gasteiger partial charge in [-0.15, -0.1) is 0 Å². The Bertz CT molecular complexity index is 576. The fraction of sp³-hybridized carbons (Fsp3) is 0.429. The number of benzene rings is 1. The zero-order valence-corrected chi connectivity index (χ0v) is 12.5. The van der Waals surface area contributed by atoms with Crippen molar-refractivity contribution in [2.24, 2.45) is 0 Å². The molecule has 0 fully saturated rings. The Kier molecular flexibility index (Phi) is 5.05. The maximum Gasteiger partial charge on any atom is 0.455 e. The van der Waals surface area contributed by atoms with E-state index in [0.29, 0.717) is 0 Å². The minimum absolute atomic E-state index is 0.295. The lowest BCUT2D eigenvalue weighted by atomic mass is 10.1. The monoisotopic (exact) mass is 319 g/mol. The van der Waals surface area contributed by atoms with Crippen LogP contribution in [-0.2, 0) is 4.74 Å². The SMILES string of the molecule is COc1cccc(NC(=O)OC(C)(C)C)c1C(=O)C(F)(F)F. The first-order chi connectivity index (χ1) is 9.95. The van der Waals surface area contributed by atoms with Gasteiger partial charge in [-0.3, -0.25) is 10.1 Å². The lowest BCUT2D eigenvalue weighted by Crippen LogP contribution is -2.29. The van der Waals surface area contributed by atoms with Gasteiger partial charge in [0.15, 0.2) is 0 Å². The van der Waals surface area contributed by atoms with Crippen LogP contribution in [-0.4, -0.2) is 30.8 Å². The maximum atomic E-state index is 12.7. The number of halogens is 3. The van der Waals surface area contributed by atoms with Crippen LogP contribution in [0.15, 0.2) is 18.2 Å². The van der Waals surface area contributed by atoms with E-state index in [-0.39, 0.29) is 11.4 Å². The topological polar surface area (TPSA) is 64.6 Å². The van der Waals surface area contributed by atoms with Crippen molar-refractivity contribution >= 4 is 17.6 Å². The summed E-state index contributed by atoms with van der Waals surface area (Å²) in [6, 6.07) is 3.70. The minimum atomic E-state index is -5.10. The van der Waals surface area contributed by atoms with E-state index in [1.807, 2.05) is 0 Å². The zero-order valence-electron chi connectivity index (χ0n) is 12.5. The number of ketones is 1. The summed E-state index contributed by atoms with van der Waals surface area (Å²) in [4.78, 5) is 23.2. The van der Waals surface area contributed by atoms with Gasteiger partial charge < -0.3 is 9.47 Å². The van der Waals surface area contributed by atoms with Crippen LogP contribution >= 0.6 is 0 Å². The first-order valence-electron chi connectivity index (χ1n) is 6.24. The number of alkyl halides is 3. The molecule has 1 N–H and O–H groups in total. The van der Waals surface area contributed by atoms with Crippen molar-refractivity contribution in [3.63, 3.8) is 0 Å². The third-order valence-electron chi connectivity index (χ3n) is 2.37. The van der Waals surface area contributed by atoms with E-state index in [4.69, 9.17) is 9.47 Å². The molecule has 0 atom stereocenters. The normalized spacial score (nSPS) is 11.8. The van der Waals surface area contributed by atoms with Crippen molar-refractivity contribution in [1.29, 1.82) is 0 Å². The van der Waals surface area contributed by atoms with Gasteiger partial charge in [0.25, 0.3) is 5.78 Å². The highest BCUT2D eigenvalue weighted by Crippen LogP contribution is 2.33. The number of methoxy groups -OCH3 is 1. The number of carbonyl (C=O) groups is 2. The summed E-state index contributed by atoms with van der Waals surface area (Å²) in [6.45, 7) is 4.79. The minimum Gasteiger partial charge on any atom is -0.496 e. The van der Waals surface area contributed by atoms with Crippen molar-refractivity contribution in [1.82, 2.24) is 0 Å². The van der Waals surface area contributed by atoms with Crippen molar-refractivity contribution in [2.45, 2.75) is 32.5 Å². The molecule has 1 rings (SSSR count). The maximum absolute atomic E-state index is 12.7. The van der Waals surface area contributed by atoms with Gasteiger partial charge in [0.1, 0.15) is 11.4 Å². The Morgan fingerprint density at radius 3 is 2.18 bits per heavy atom. The van der Waals surface area contributed by atoms with Crippen LogP contribution in [0.3, 0.4) is 0 Å². The van der Waals surface area contributed by atoms with E-state index in [9.17, 15) is 22.8 Å². The Hall–Kier alpha value is -2.25. The van der Waals surface area contributed by atoms with E-state index in [1.54, 1.807) is 20.8 Å². The smallest absolute Gasteiger partial charge is 0.455 e. The second-order valence-corrected chi connectivity index (χ2v) is 5.34. The van der Waals surface area contributed by atoms with Crippen LogP contribution in [0.4, 0.5) is 23.7 Å². The van der Waals surface area contributed by atoms with Gasteiger partial charge >= 0.3 is 12.3 Å². The number of ether oxygens (including phenoxy) is 2. The molecule has 0 aromatic heterocycles. The lowest BCUT2D eigenvalue weighted by Gasteiger charge is -2.21. The largest absolute Gasteiger partial charge is 0.496 e. The second kappa shape index (κ2) is 6.25. The molecule has 0 unspecified atom stereocenters. The summed E-state index contributed by atoms with van der Waals surface area (Å²) in [7, 11) is 1.12. The molecule has 0 spiro atoms. The number of amides is 1. The number of hydrogen-bond acceptors (Lipinski definition) is 4. The first-order valence-corrected chi connectivity index (χ1v) is 6.24. The summed E-state index contributed by atoms with van der Waals surface area (Å²) in [5.41, 5.74) is -1.95. The molecule has 1 aromatic carbocycles. The Balaban J connectivity index is 3.20. The first kappa shape index (κ1) is 17.8. The van der Waals surface area contributed by atoms with Gasteiger partial charge in [-0.2, -0.15) is 13.2 Å². The van der Waals surface area contributed by atoms with Crippen molar-refractivity contribution in [3.05, 3.63) is 23.8 Å². The molecular weight excluding hydrogens is 303 g/mol. The summed E-state index contributed by atoms with van der Waals surface area (Å²) < 4.78 is 47.8. The number of carbonyl (C=O) groups excluding carboxylic acids is 2. The van der Waals surface area contributed by atoms with Crippen LogP contribution in [0.1, 0.15) is 31.1 Å². The molecule has 0 bridgehead atoms. The van der Waals surface area contributed by atoms with Crippen molar-refractivity contribution in [2.75, 3.05) is 12.4 Å². The molecule has 0 saturated heterocycles. The summed E-state index contributed by atoms with van der Waals surface area (Å²) in [5.74, 6) is -2.41. The molecule has 1 amide bonds. The third-order valence-corrected chi connectivity index (χ3v) is 2.37. The molecule has 8 heteroatoms. The molecule has 0 saturated carbocycles. The fourth-order valence-corrected chi connectivity index (χ4v) is 1.59. The number of Topliss-reactive ketones (excluding diaryl/α,β-unsaturated/α-hetero) is 1.